The lowest BCUT2D eigenvalue weighted by Gasteiger charge is -1.99. The standard InChI is InChI=1S/C21H13ClN2O4S/c22-15-6-1-2-7-16(15)23-21-24-19(25)18(29-21)11-14-8-9-17(28-14)12-4-3-5-13(10-12)20(26)27/h1-11H,(H,26,27)(H,23,24,25)/b18-11+. The number of amides is 1. The molecule has 1 fully saturated rings. The summed E-state index contributed by atoms with van der Waals surface area (Å²) in [4.78, 5) is 28.2. The molecule has 1 aliphatic rings. The molecule has 0 aliphatic carbocycles. The Kier molecular flexibility index (Phi) is 5.24. The Morgan fingerprint density at radius 3 is 2.76 bits per heavy atom. The highest BCUT2D eigenvalue weighted by Gasteiger charge is 2.24. The van der Waals surface area contributed by atoms with Crippen LogP contribution < -0.4 is 5.32 Å². The first-order valence-corrected chi connectivity index (χ1v) is 9.67. The third kappa shape index (κ3) is 4.26. The number of rotatable bonds is 4. The maximum absolute atomic E-state index is 12.2. The molecule has 0 bridgehead atoms. The molecule has 8 heteroatoms. The number of para-hydroxylation sites is 1. The monoisotopic (exact) mass is 424 g/mol. The maximum atomic E-state index is 12.2. The van der Waals surface area contributed by atoms with Crippen LogP contribution >= 0.6 is 23.4 Å². The van der Waals surface area contributed by atoms with Gasteiger partial charge in [0.2, 0.25) is 0 Å². The van der Waals surface area contributed by atoms with Crippen LogP contribution in [0.4, 0.5) is 5.69 Å². The summed E-state index contributed by atoms with van der Waals surface area (Å²) in [6.45, 7) is 0. The van der Waals surface area contributed by atoms with Crippen molar-refractivity contribution in [2.75, 3.05) is 0 Å². The fraction of sp³-hybridized carbons (Fsp3) is 0. The number of furan rings is 1. The first-order chi connectivity index (χ1) is 14.0. The summed E-state index contributed by atoms with van der Waals surface area (Å²) in [5, 5.41) is 12.7. The number of benzene rings is 2. The number of carboxylic acid groups (broad SMARTS) is 1. The average molecular weight is 425 g/mol. The molecule has 6 nitrogen and oxygen atoms in total. The van der Waals surface area contributed by atoms with Gasteiger partial charge in [0.05, 0.1) is 21.2 Å². The topological polar surface area (TPSA) is 91.9 Å². The first kappa shape index (κ1) is 19.0. The molecule has 0 saturated carbocycles. The Balaban J connectivity index is 1.56. The van der Waals surface area contributed by atoms with E-state index in [0.717, 1.165) is 0 Å². The second kappa shape index (κ2) is 7.98. The van der Waals surface area contributed by atoms with E-state index in [0.29, 0.717) is 37.9 Å². The number of carbonyl (C=O) groups is 2. The largest absolute Gasteiger partial charge is 0.478 e. The summed E-state index contributed by atoms with van der Waals surface area (Å²) < 4.78 is 5.76. The molecule has 2 heterocycles. The first-order valence-electron chi connectivity index (χ1n) is 8.47. The molecule has 2 aromatic carbocycles. The number of hydrogen-bond donors (Lipinski definition) is 2. The van der Waals surface area contributed by atoms with Crippen LogP contribution in [0.1, 0.15) is 16.1 Å². The molecule has 29 heavy (non-hydrogen) atoms. The predicted molar refractivity (Wildman–Crippen MR) is 113 cm³/mol. The van der Waals surface area contributed by atoms with Crippen molar-refractivity contribution in [2.45, 2.75) is 0 Å². The molecule has 3 aromatic rings. The van der Waals surface area contributed by atoms with Crippen molar-refractivity contribution in [3.63, 3.8) is 0 Å². The quantitative estimate of drug-likeness (QED) is 0.562. The molecule has 1 amide bonds. The minimum atomic E-state index is -1.01. The lowest BCUT2D eigenvalue weighted by molar-refractivity contribution is -0.115. The van der Waals surface area contributed by atoms with Gasteiger partial charge in [-0.1, -0.05) is 35.9 Å². The summed E-state index contributed by atoms with van der Waals surface area (Å²) in [6, 6.07) is 17.0. The van der Waals surface area contributed by atoms with Crippen LogP contribution in [0.15, 0.2) is 75.0 Å². The van der Waals surface area contributed by atoms with Crippen LogP contribution in [-0.2, 0) is 4.79 Å². The van der Waals surface area contributed by atoms with Gasteiger partial charge in [0.1, 0.15) is 11.5 Å². The highest BCUT2D eigenvalue weighted by atomic mass is 35.5. The van der Waals surface area contributed by atoms with E-state index in [2.05, 4.69) is 10.3 Å². The number of halogens is 1. The van der Waals surface area contributed by atoms with Crippen LogP contribution in [0.2, 0.25) is 5.02 Å². The summed E-state index contributed by atoms with van der Waals surface area (Å²) in [7, 11) is 0. The van der Waals surface area contributed by atoms with Gasteiger partial charge in [-0.05, 0) is 48.2 Å². The van der Waals surface area contributed by atoms with Gasteiger partial charge in [-0.15, -0.1) is 0 Å². The van der Waals surface area contributed by atoms with Gasteiger partial charge in [-0.2, -0.15) is 0 Å². The number of amidine groups is 1. The van der Waals surface area contributed by atoms with E-state index in [1.54, 1.807) is 48.5 Å². The lowest BCUT2D eigenvalue weighted by Crippen LogP contribution is -2.19. The zero-order valence-electron chi connectivity index (χ0n) is 14.8. The fourth-order valence-electron chi connectivity index (χ4n) is 2.65. The highest BCUT2D eigenvalue weighted by Crippen LogP contribution is 2.32. The third-order valence-electron chi connectivity index (χ3n) is 4.02. The number of carbonyl (C=O) groups excluding carboxylic acids is 1. The van der Waals surface area contributed by atoms with E-state index in [4.69, 9.17) is 21.1 Å². The van der Waals surface area contributed by atoms with E-state index in [9.17, 15) is 9.59 Å². The fourth-order valence-corrected chi connectivity index (χ4v) is 3.65. The van der Waals surface area contributed by atoms with E-state index in [1.807, 2.05) is 6.07 Å². The zero-order chi connectivity index (χ0) is 20.4. The number of hydrogen-bond acceptors (Lipinski definition) is 5. The lowest BCUT2D eigenvalue weighted by atomic mass is 10.1. The number of aromatic carboxylic acids is 1. The second-order valence-corrected chi connectivity index (χ2v) is 7.46. The van der Waals surface area contributed by atoms with E-state index in [1.165, 1.54) is 23.9 Å². The Bertz CT molecular complexity index is 1180. The molecule has 4 rings (SSSR count). The number of aliphatic imine (C=N–C) groups is 1. The van der Waals surface area contributed by atoms with Gasteiger partial charge >= 0.3 is 5.97 Å². The molecule has 144 valence electrons. The van der Waals surface area contributed by atoms with Crippen molar-refractivity contribution in [3.8, 4) is 11.3 Å². The van der Waals surface area contributed by atoms with Crippen LogP contribution in [0, 0.1) is 0 Å². The van der Waals surface area contributed by atoms with Gasteiger partial charge in [0, 0.05) is 11.6 Å². The number of nitrogens with zero attached hydrogens (tertiary/aromatic N) is 1. The van der Waals surface area contributed by atoms with Gasteiger partial charge in [0.25, 0.3) is 5.91 Å². The Labute approximate surface area is 174 Å². The normalized spacial score (nSPS) is 16.4. The molecule has 1 aromatic heterocycles. The van der Waals surface area contributed by atoms with Gasteiger partial charge in [-0.25, -0.2) is 9.79 Å². The molecule has 0 radical (unpaired) electrons. The predicted octanol–water partition coefficient (Wildman–Crippen LogP) is 5.19. The Morgan fingerprint density at radius 2 is 1.97 bits per heavy atom. The summed E-state index contributed by atoms with van der Waals surface area (Å²) in [5.41, 5.74) is 1.38. The minimum absolute atomic E-state index is 0.171. The molecule has 0 atom stereocenters. The third-order valence-corrected chi connectivity index (χ3v) is 5.25. The number of thioether (sulfide) groups is 1. The summed E-state index contributed by atoms with van der Waals surface area (Å²) in [6.07, 6.45) is 1.61. The van der Waals surface area contributed by atoms with Crippen molar-refractivity contribution in [1.29, 1.82) is 0 Å². The van der Waals surface area contributed by atoms with Gasteiger partial charge < -0.3 is 14.8 Å². The van der Waals surface area contributed by atoms with Gasteiger partial charge in [0.15, 0.2) is 5.17 Å². The maximum Gasteiger partial charge on any atom is 0.335 e. The minimum Gasteiger partial charge on any atom is -0.478 e. The summed E-state index contributed by atoms with van der Waals surface area (Å²) in [5.74, 6) is -0.317. The molecule has 1 saturated heterocycles. The summed E-state index contributed by atoms with van der Waals surface area (Å²) >= 11 is 7.28. The highest BCUT2D eigenvalue weighted by molar-refractivity contribution is 8.18. The van der Waals surface area contributed by atoms with Crippen LogP contribution in [0.25, 0.3) is 17.4 Å². The van der Waals surface area contributed by atoms with E-state index >= 15 is 0 Å². The van der Waals surface area contributed by atoms with Crippen molar-refractivity contribution < 1.29 is 19.1 Å². The van der Waals surface area contributed by atoms with Gasteiger partial charge in [-0.3, -0.25) is 4.79 Å². The second-order valence-electron chi connectivity index (χ2n) is 6.02. The zero-order valence-corrected chi connectivity index (χ0v) is 16.3. The van der Waals surface area contributed by atoms with Crippen LogP contribution in [0.5, 0.6) is 0 Å². The van der Waals surface area contributed by atoms with Crippen molar-refractivity contribution in [1.82, 2.24) is 5.32 Å². The Hall–Kier alpha value is -3.29. The molecule has 1 aliphatic heterocycles. The Morgan fingerprint density at radius 1 is 1.14 bits per heavy atom. The molecule has 0 spiro atoms. The molecular weight excluding hydrogens is 412 g/mol. The van der Waals surface area contributed by atoms with Crippen molar-refractivity contribution in [3.05, 3.63) is 81.9 Å². The van der Waals surface area contributed by atoms with Crippen molar-refractivity contribution in [2.24, 2.45) is 4.99 Å². The van der Waals surface area contributed by atoms with E-state index in [-0.39, 0.29) is 11.5 Å². The number of carboxylic acids is 1. The number of nitrogens with one attached hydrogen (secondary N) is 1. The molecular formula is C21H13ClN2O4S. The molecule has 0 unspecified atom stereocenters. The van der Waals surface area contributed by atoms with Crippen LogP contribution in [0.3, 0.4) is 0 Å². The van der Waals surface area contributed by atoms with E-state index < -0.39 is 5.97 Å². The SMILES string of the molecule is O=C1NC(=Nc2ccccc2Cl)S/C1=C/c1ccc(-c2cccc(C(=O)O)c2)o1. The average Bonchev–Trinajstić information content (AvgIpc) is 3.31. The smallest absolute Gasteiger partial charge is 0.335 e. The van der Waals surface area contributed by atoms with Crippen LogP contribution in [-0.4, -0.2) is 22.2 Å². The van der Waals surface area contributed by atoms with Crippen molar-refractivity contribution >= 4 is 52.2 Å². The molecule has 2 N–H and O–H groups in total.